The lowest BCUT2D eigenvalue weighted by molar-refractivity contribution is 0.0692. The third-order valence-electron chi connectivity index (χ3n) is 2.84. The van der Waals surface area contributed by atoms with Crippen LogP contribution in [0.3, 0.4) is 0 Å². The number of pyridine rings is 1. The first-order chi connectivity index (χ1) is 9.49. The van der Waals surface area contributed by atoms with Crippen molar-refractivity contribution in [1.82, 2.24) is 9.88 Å². The zero-order valence-electron chi connectivity index (χ0n) is 11.1. The van der Waals surface area contributed by atoms with E-state index in [2.05, 4.69) is 4.98 Å². The molecular weight excluding hydrogens is 315 g/mol. The Kier molecular flexibility index (Phi) is 5.02. The summed E-state index contributed by atoms with van der Waals surface area (Å²) in [7, 11) is 0. The maximum atomic E-state index is 12.6. The Balaban J connectivity index is 2.29. The highest BCUT2D eigenvalue weighted by Gasteiger charge is 2.22. The highest BCUT2D eigenvalue weighted by Crippen LogP contribution is 2.23. The normalized spacial score (nSPS) is 10.8. The van der Waals surface area contributed by atoms with Gasteiger partial charge in [-0.2, -0.15) is 0 Å². The fourth-order valence-corrected chi connectivity index (χ4v) is 2.84. The summed E-state index contributed by atoms with van der Waals surface area (Å²) in [5.74, 6) is -0.136. The fraction of sp³-hybridized carbons (Fsp3) is 0.286. The monoisotopic (exact) mass is 328 g/mol. The fourth-order valence-electron chi connectivity index (χ4n) is 1.79. The summed E-state index contributed by atoms with van der Waals surface area (Å²) >= 11 is 13.5. The molecule has 2 rings (SSSR count). The molecule has 106 valence electrons. The van der Waals surface area contributed by atoms with Gasteiger partial charge in [0.05, 0.1) is 17.1 Å². The summed E-state index contributed by atoms with van der Waals surface area (Å²) in [4.78, 5) is 19.4. The van der Waals surface area contributed by atoms with Gasteiger partial charge in [-0.3, -0.25) is 4.79 Å². The maximum Gasteiger partial charge on any atom is 0.256 e. The molecule has 0 saturated heterocycles. The highest BCUT2D eigenvalue weighted by atomic mass is 35.5. The van der Waals surface area contributed by atoms with E-state index in [9.17, 15) is 4.79 Å². The smallest absolute Gasteiger partial charge is 0.256 e. The van der Waals surface area contributed by atoms with Gasteiger partial charge >= 0.3 is 0 Å². The third kappa shape index (κ3) is 3.51. The van der Waals surface area contributed by atoms with Gasteiger partial charge in [0, 0.05) is 17.1 Å². The molecule has 2 aromatic rings. The highest BCUT2D eigenvalue weighted by molar-refractivity contribution is 7.09. The van der Waals surface area contributed by atoms with Crippen molar-refractivity contribution in [1.29, 1.82) is 0 Å². The van der Waals surface area contributed by atoms with E-state index in [1.165, 1.54) is 12.3 Å². The topological polar surface area (TPSA) is 33.2 Å². The summed E-state index contributed by atoms with van der Waals surface area (Å²) in [6, 6.07) is 5.55. The van der Waals surface area contributed by atoms with Crippen molar-refractivity contribution < 1.29 is 4.79 Å². The number of nitrogens with zero attached hydrogens (tertiary/aromatic N) is 2. The molecule has 0 unspecified atom stereocenters. The molecule has 0 aromatic carbocycles. The molecule has 0 N–H and O–H groups in total. The quantitative estimate of drug-likeness (QED) is 0.774. The Morgan fingerprint density at radius 2 is 2.20 bits per heavy atom. The predicted octanol–water partition coefficient (Wildman–Crippen LogP) is 4.50. The minimum absolute atomic E-state index is 0.0626. The molecule has 20 heavy (non-hydrogen) atoms. The maximum absolute atomic E-state index is 12.6. The summed E-state index contributed by atoms with van der Waals surface area (Å²) < 4.78 is 0. The Bertz CT molecular complexity index is 599. The molecule has 6 heteroatoms. The summed E-state index contributed by atoms with van der Waals surface area (Å²) in [6.45, 7) is 4.51. The SMILES string of the molecule is CC(C)N(Cc1cccs1)C(=O)c1cc(Cl)ncc1Cl. The van der Waals surface area contributed by atoms with Crippen molar-refractivity contribution in [3.8, 4) is 0 Å². The van der Waals surface area contributed by atoms with Gasteiger partial charge in [0.25, 0.3) is 5.91 Å². The second kappa shape index (κ2) is 6.57. The lowest BCUT2D eigenvalue weighted by Crippen LogP contribution is -2.36. The largest absolute Gasteiger partial charge is 0.331 e. The van der Waals surface area contributed by atoms with E-state index < -0.39 is 0 Å². The molecule has 0 bridgehead atoms. The summed E-state index contributed by atoms with van der Waals surface area (Å²) in [5, 5.41) is 2.57. The van der Waals surface area contributed by atoms with Crippen molar-refractivity contribution in [2.45, 2.75) is 26.4 Å². The van der Waals surface area contributed by atoms with Crippen LogP contribution >= 0.6 is 34.5 Å². The van der Waals surface area contributed by atoms with Crippen LogP contribution in [0.5, 0.6) is 0 Å². The van der Waals surface area contributed by atoms with Gasteiger partial charge in [0.15, 0.2) is 0 Å². The minimum atomic E-state index is -0.136. The van der Waals surface area contributed by atoms with E-state index in [-0.39, 0.29) is 17.1 Å². The van der Waals surface area contributed by atoms with Crippen molar-refractivity contribution in [2.24, 2.45) is 0 Å². The molecule has 1 amide bonds. The minimum Gasteiger partial charge on any atom is -0.331 e. The summed E-state index contributed by atoms with van der Waals surface area (Å²) in [5.41, 5.74) is 0.386. The number of thiophene rings is 1. The van der Waals surface area contributed by atoms with Gasteiger partial charge in [0.1, 0.15) is 5.15 Å². The molecule has 2 aromatic heterocycles. The Morgan fingerprint density at radius 1 is 1.45 bits per heavy atom. The molecule has 0 fully saturated rings. The van der Waals surface area contributed by atoms with Crippen molar-refractivity contribution in [3.63, 3.8) is 0 Å². The van der Waals surface area contributed by atoms with E-state index in [0.29, 0.717) is 17.1 Å². The lowest BCUT2D eigenvalue weighted by Gasteiger charge is -2.26. The standard InChI is InChI=1S/C14H14Cl2N2OS/c1-9(2)18(8-10-4-3-5-20-10)14(19)11-6-13(16)17-7-12(11)15/h3-7,9H,8H2,1-2H3. The second-order valence-electron chi connectivity index (χ2n) is 4.59. The van der Waals surface area contributed by atoms with E-state index in [4.69, 9.17) is 23.2 Å². The number of aromatic nitrogens is 1. The second-order valence-corrected chi connectivity index (χ2v) is 6.42. The summed E-state index contributed by atoms with van der Waals surface area (Å²) in [6.07, 6.45) is 1.40. The number of carbonyl (C=O) groups is 1. The van der Waals surface area contributed by atoms with E-state index in [0.717, 1.165) is 4.88 Å². The van der Waals surface area contributed by atoms with Gasteiger partial charge in [-0.15, -0.1) is 11.3 Å². The molecule has 0 atom stereocenters. The van der Waals surface area contributed by atoms with Crippen molar-refractivity contribution in [3.05, 3.63) is 50.4 Å². The van der Waals surface area contributed by atoms with Crippen LogP contribution < -0.4 is 0 Å². The number of rotatable bonds is 4. The van der Waals surface area contributed by atoms with E-state index >= 15 is 0 Å². The van der Waals surface area contributed by atoms with Crippen LogP contribution in [0.2, 0.25) is 10.2 Å². The zero-order chi connectivity index (χ0) is 14.7. The molecule has 0 spiro atoms. The average molecular weight is 329 g/mol. The first kappa shape index (κ1) is 15.3. The number of hydrogen-bond acceptors (Lipinski definition) is 3. The van der Waals surface area contributed by atoms with Crippen molar-refractivity contribution in [2.75, 3.05) is 0 Å². The molecule has 0 aliphatic heterocycles. The first-order valence-corrected chi connectivity index (χ1v) is 7.77. The molecule has 0 radical (unpaired) electrons. The number of amides is 1. The van der Waals surface area contributed by atoms with Crippen LogP contribution in [0.15, 0.2) is 29.8 Å². The molecule has 0 saturated carbocycles. The van der Waals surface area contributed by atoms with Crippen LogP contribution in [0, 0.1) is 0 Å². The molecule has 2 heterocycles. The Hall–Kier alpha value is -1.10. The van der Waals surface area contributed by atoms with E-state index in [1.54, 1.807) is 16.2 Å². The zero-order valence-corrected chi connectivity index (χ0v) is 13.5. The van der Waals surface area contributed by atoms with Gasteiger partial charge in [0.2, 0.25) is 0 Å². The predicted molar refractivity (Wildman–Crippen MR) is 83.6 cm³/mol. The first-order valence-electron chi connectivity index (χ1n) is 6.13. The Morgan fingerprint density at radius 3 is 2.80 bits per heavy atom. The lowest BCUT2D eigenvalue weighted by atomic mass is 10.2. The van der Waals surface area contributed by atoms with Crippen LogP contribution in [-0.4, -0.2) is 21.8 Å². The van der Waals surface area contributed by atoms with Gasteiger partial charge < -0.3 is 4.90 Å². The number of hydrogen-bond donors (Lipinski definition) is 0. The number of carbonyl (C=O) groups excluding carboxylic acids is 1. The molecular formula is C14H14Cl2N2OS. The molecule has 0 aliphatic rings. The Labute approximate surface area is 132 Å². The number of halogens is 2. The van der Waals surface area contributed by atoms with Crippen LogP contribution in [-0.2, 0) is 6.54 Å². The van der Waals surface area contributed by atoms with Crippen LogP contribution in [0.1, 0.15) is 29.1 Å². The molecule has 3 nitrogen and oxygen atoms in total. The van der Waals surface area contributed by atoms with E-state index in [1.807, 2.05) is 31.4 Å². The van der Waals surface area contributed by atoms with Crippen LogP contribution in [0.4, 0.5) is 0 Å². The average Bonchev–Trinajstić information content (AvgIpc) is 2.90. The van der Waals surface area contributed by atoms with Crippen LogP contribution in [0.25, 0.3) is 0 Å². The molecule has 0 aliphatic carbocycles. The van der Waals surface area contributed by atoms with Crippen molar-refractivity contribution >= 4 is 40.4 Å². The third-order valence-corrected chi connectivity index (χ3v) is 4.21. The van der Waals surface area contributed by atoms with Gasteiger partial charge in [-0.25, -0.2) is 4.98 Å². The van der Waals surface area contributed by atoms with Gasteiger partial charge in [-0.05, 0) is 31.4 Å². The van der Waals surface area contributed by atoms with Gasteiger partial charge in [-0.1, -0.05) is 29.3 Å².